The lowest BCUT2D eigenvalue weighted by atomic mass is 9.93. The van der Waals surface area contributed by atoms with Crippen molar-refractivity contribution in [2.24, 2.45) is 10.9 Å². The largest absolute Gasteiger partial charge is 0.416 e. The van der Waals surface area contributed by atoms with Crippen molar-refractivity contribution >= 4 is 5.96 Å². The smallest absolute Gasteiger partial charge is 0.356 e. The number of aromatic nitrogens is 2. The van der Waals surface area contributed by atoms with E-state index < -0.39 is 11.7 Å². The molecule has 3 rings (SSSR count). The number of nitrogens with one attached hydrogen (secondary N) is 1. The molecule has 2 atom stereocenters. The Morgan fingerprint density at radius 3 is 2.70 bits per heavy atom. The van der Waals surface area contributed by atoms with Gasteiger partial charge in [0.2, 0.25) is 0 Å². The topological polar surface area (TPSA) is 45.5 Å². The fourth-order valence-corrected chi connectivity index (χ4v) is 3.52. The van der Waals surface area contributed by atoms with Crippen molar-refractivity contribution in [2.75, 3.05) is 26.2 Å². The van der Waals surface area contributed by atoms with Gasteiger partial charge in [0.25, 0.3) is 0 Å². The Morgan fingerprint density at radius 1 is 1.30 bits per heavy atom. The summed E-state index contributed by atoms with van der Waals surface area (Å²) in [4.78, 5) is 11.0. The zero-order valence-corrected chi connectivity index (χ0v) is 17.2. The minimum Gasteiger partial charge on any atom is -0.356 e. The van der Waals surface area contributed by atoms with E-state index in [2.05, 4.69) is 43.5 Å². The fourth-order valence-electron chi connectivity index (χ4n) is 3.52. The van der Waals surface area contributed by atoms with Crippen LogP contribution in [0.2, 0.25) is 0 Å². The minimum atomic E-state index is -4.34. The van der Waals surface area contributed by atoms with Crippen LogP contribution in [0.4, 0.5) is 13.2 Å². The van der Waals surface area contributed by atoms with Gasteiger partial charge < -0.3 is 14.8 Å². The summed E-state index contributed by atoms with van der Waals surface area (Å²) in [5, 5.41) is 3.31. The molecule has 0 saturated carbocycles. The number of nitrogens with zero attached hydrogens (tertiary/aromatic N) is 4. The number of rotatable bonds is 3. The SMILES string of the molecule is CCNC(=NCC#Cc1ccc(C(F)(F)F)cc1)N1CCC(C)C(n2ccnc2)C1. The monoisotopic (exact) mass is 417 g/mol. The molecule has 1 aliphatic rings. The summed E-state index contributed by atoms with van der Waals surface area (Å²) < 4.78 is 40.1. The summed E-state index contributed by atoms with van der Waals surface area (Å²) in [6, 6.07) is 5.17. The van der Waals surface area contributed by atoms with Gasteiger partial charge >= 0.3 is 6.18 Å². The van der Waals surface area contributed by atoms with Gasteiger partial charge in [-0.25, -0.2) is 9.98 Å². The average molecular weight is 417 g/mol. The Morgan fingerprint density at radius 2 is 2.07 bits per heavy atom. The molecule has 5 nitrogen and oxygen atoms in total. The Kier molecular flexibility index (Phi) is 7.03. The molecule has 0 radical (unpaired) electrons. The minimum absolute atomic E-state index is 0.269. The van der Waals surface area contributed by atoms with E-state index in [1.807, 2.05) is 19.4 Å². The van der Waals surface area contributed by atoms with E-state index in [0.29, 0.717) is 17.5 Å². The highest BCUT2D eigenvalue weighted by Gasteiger charge is 2.30. The van der Waals surface area contributed by atoms with Crippen LogP contribution in [-0.2, 0) is 6.18 Å². The fraction of sp³-hybridized carbons (Fsp3) is 0.455. The number of imidazole rings is 1. The summed E-state index contributed by atoms with van der Waals surface area (Å²) >= 11 is 0. The van der Waals surface area contributed by atoms with Gasteiger partial charge in [-0.05, 0) is 43.5 Å². The maximum Gasteiger partial charge on any atom is 0.416 e. The van der Waals surface area contributed by atoms with Crippen LogP contribution in [0, 0.1) is 17.8 Å². The normalized spacial score (nSPS) is 19.9. The number of aliphatic imine (C=N–C) groups is 1. The molecule has 2 unspecified atom stereocenters. The van der Waals surface area contributed by atoms with Gasteiger partial charge in [0, 0.05) is 37.6 Å². The molecule has 8 heteroatoms. The third-order valence-electron chi connectivity index (χ3n) is 5.21. The maximum atomic E-state index is 12.6. The van der Waals surface area contributed by atoms with Crippen LogP contribution in [-0.4, -0.2) is 46.6 Å². The standard InChI is InChI=1S/C22H26F3N5/c1-3-27-21(29-13-10-17(2)20(15-29)30-14-12-26-16-30)28-11-4-5-18-6-8-19(9-7-18)22(23,24)25/h6-9,12,14,16-17,20H,3,10-11,13,15H2,1-2H3,(H,27,28). The Labute approximate surface area is 175 Å². The van der Waals surface area contributed by atoms with Crippen molar-refractivity contribution < 1.29 is 13.2 Å². The molecule has 0 amide bonds. The molecule has 30 heavy (non-hydrogen) atoms. The third kappa shape index (κ3) is 5.56. The van der Waals surface area contributed by atoms with Crippen LogP contribution in [0.3, 0.4) is 0 Å². The first kappa shape index (κ1) is 21.8. The van der Waals surface area contributed by atoms with E-state index in [9.17, 15) is 13.2 Å². The molecule has 0 spiro atoms. The Balaban J connectivity index is 1.66. The summed E-state index contributed by atoms with van der Waals surface area (Å²) in [5.74, 6) is 7.16. The van der Waals surface area contributed by atoms with E-state index in [-0.39, 0.29) is 6.54 Å². The molecule has 1 N–H and O–H groups in total. The first-order valence-corrected chi connectivity index (χ1v) is 10.0. The van der Waals surface area contributed by atoms with Gasteiger partial charge in [-0.1, -0.05) is 18.8 Å². The number of halogens is 3. The molecule has 1 saturated heterocycles. The van der Waals surface area contributed by atoms with Gasteiger partial charge in [0.15, 0.2) is 5.96 Å². The van der Waals surface area contributed by atoms with E-state index in [1.165, 1.54) is 12.1 Å². The molecule has 2 aromatic rings. The number of guanidine groups is 1. The van der Waals surface area contributed by atoms with E-state index >= 15 is 0 Å². The molecular formula is C22H26F3N5. The molecular weight excluding hydrogens is 391 g/mol. The van der Waals surface area contributed by atoms with Crippen LogP contribution in [0.5, 0.6) is 0 Å². The molecule has 1 aliphatic heterocycles. The molecule has 1 fully saturated rings. The van der Waals surface area contributed by atoms with Crippen molar-refractivity contribution in [2.45, 2.75) is 32.5 Å². The molecule has 1 aromatic heterocycles. The van der Waals surface area contributed by atoms with Gasteiger partial charge in [0.1, 0.15) is 6.54 Å². The van der Waals surface area contributed by atoms with Crippen LogP contribution >= 0.6 is 0 Å². The quantitative estimate of drug-likeness (QED) is 0.469. The Bertz CT molecular complexity index is 892. The third-order valence-corrected chi connectivity index (χ3v) is 5.21. The van der Waals surface area contributed by atoms with Gasteiger partial charge in [0.05, 0.1) is 17.9 Å². The van der Waals surface area contributed by atoms with Crippen LogP contribution < -0.4 is 5.32 Å². The lowest BCUT2D eigenvalue weighted by molar-refractivity contribution is -0.137. The lowest BCUT2D eigenvalue weighted by Crippen LogP contribution is -2.49. The zero-order valence-electron chi connectivity index (χ0n) is 17.2. The molecule has 160 valence electrons. The van der Waals surface area contributed by atoms with Crippen molar-refractivity contribution in [1.82, 2.24) is 19.8 Å². The number of alkyl halides is 3. The number of piperidine rings is 1. The average Bonchev–Trinajstić information content (AvgIpc) is 3.25. The predicted molar refractivity (Wildman–Crippen MR) is 111 cm³/mol. The zero-order chi connectivity index (χ0) is 21.6. The summed E-state index contributed by atoms with van der Waals surface area (Å²) in [6.45, 7) is 7.02. The highest BCUT2D eigenvalue weighted by molar-refractivity contribution is 5.80. The second-order valence-electron chi connectivity index (χ2n) is 7.34. The number of hydrogen-bond donors (Lipinski definition) is 1. The van der Waals surface area contributed by atoms with Crippen molar-refractivity contribution in [1.29, 1.82) is 0 Å². The number of hydrogen-bond acceptors (Lipinski definition) is 2. The van der Waals surface area contributed by atoms with Crippen molar-refractivity contribution in [3.05, 3.63) is 54.1 Å². The van der Waals surface area contributed by atoms with Gasteiger partial charge in [-0.15, -0.1) is 0 Å². The molecule has 1 aromatic carbocycles. The van der Waals surface area contributed by atoms with Crippen LogP contribution in [0.25, 0.3) is 0 Å². The number of benzene rings is 1. The summed E-state index contributed by atoms with van der Waals surface area (Å²) in [5.41, 5.74) is -0.137. The molecule has 0 bridgehead atoms. The van der Waals surface area contributed by atoms with E-state index in [0.717, 1.165) is 44.1 Å². The van der Waals surface area contributed by atoms with Gasteiger partial charge in [-0.3, -0.25) is 0 Å². The predicted octanol–water partition coefficient (Wildman–Crippen LogP) is 3.80. The van der Waals surface area contributed by atoms with Crippen molar-refractivity contribution in [3.63, 3.8) is 0 Å². The molecule has 2 heterocycles. The van der Waals surface area contributed by atoms with Crippen LogP contribution in [0.15, 0.2) is 48.0 Å². The van der Waals surface area contributed by atoms with Gasteiger partial charge in [-0.2, -0.15) is 13.2 Å². The highest BCUT2D eigenvalue weighted by Crippen LogP contribution is 2.29. The number of likely N-dealkylation sites (tertiary alicyclic amines) is 1. The first-order chi connectivity index (χ1) is 14.4. The second-order valence-corrected chi connectivity index (χ2v) is 7.34. The molecule has 0 aliphatic carbocycles. The van der Waals surface area contributed by atoms with E-state index in [4.69, 9.17) is 0 Å². The van der Waals surface area contributed by atoms with E-state index in [1.54, 1.807) is 6.20 Å². The van der Waals surface area contributed by atoms with Crippen LogP contribution in [0.1, 0.15) is 37.4 Å². The highest BCUT2D eigenvalue weighted by atomic mass is 19.4. The second kappa shape index (κ2) is 9.70. The van der Waals surface area contributed by atoms with Crippen molar-refractivity contribution in [3.8, 4) is 11.8 Å². The first-order valence-electron chi connectivity index (χ1n) is 10.0. The Hall–Kier alpha value is -2.95. The lowest BCUT2D eigenvalue weighted by Gasteiger charge is -2.39. The summed E-state index contributed by atoms with van der Waals surface area (Å²) in [7, 11) is 0. The maximum absolute atomic E-state index is 12.6. The summed E-state index contributed by atoms with van der Waals surface area (Å²) in [6.07, 6.45) is 2.35.